The van der Waals surface area contributed by atoms with Gasteiger partial charge in [0.2, 0.25) is 5.91 Å². The van der Waals surface area contributed by atoms with Crippen molar-refractivity contribution in [1.82, 2.24) is 4.98 Å². The van der Waals surface area contributed by atoms with E-state index in [2.05, 4.69) is 15.0 Å². The summed E-state index contributed by atoms with van der Waals surface area (Å²) >= 11 is 0. The molecule has 0 bridgehead atoms. The average molecular weight is 482 g/mol. The molecule has 0 saturated carbocycles. The number of methoxy groups -OCH3 is 1. The van der Waals surface area contributed by atoms with Crippen LogP contribution in [0.3, 0.4) is 0 Å². The van der Waals surface area contributed by atoms with Crippen LogP contribution in [0.2, 0.25) is 0 Å². The summed E-state index contributed by atoms with van der Waals surface area (Å²) in [4.78, 5) is 16.0. The van der Waals surface area contributed by atoms with Gasteiger partial charge < -0.3 is 15.0 Å². The van der Waals surface area contributed by atoms with Crippen LogP contribution < -0.4 is 14.8 Å². The van der Waals surface area contributed by atoms with E-state index in [0.29, 0.717) is 5.69 Å². The first-order valence-electron chi connectivity index (χ1n) is 10.5. The van der Waals surface area contributed by atoms with E-state index in [-0.39, 0.29) is 28.7 Å². The van der Waals surface area contributed by atoms with Crippen LogP contribution in [-0.2, 0) is 21.2 Å². The molecule has 176 valence electrons. The van der Waals surface area contributed by atoms with E-state index < -0.39 is 15.8 Å². The van der Waals surface area contributed by atoms with E-state index in [0.717, 1.165) is 39.9 Å². The Hall–Kier alpha value is -3.85. The Morgan fingerprint density at radius 2 is 1.76 bits per heavy atom. The fourth-order valence-corrected chi connectivity index (χ4v) is 4.83. The highest BCUT2D eigenvalue weighted by molar-refractivity contribution is 7.92. The van der Waals surface area contributed by atoms with Crippen molar-refractivity contribution in [2.75, 3.05) is 17.1 Å². The van der Waals surface area contributed by atoms with Gasteiger partial charge in [0.1, 0.15) is 11.6 Å². The van der Waals surface area contributed by atoms with E-state index in [1.165, 1.54) is 25.3 Å². The van der Waals surface area contributed by atoms with Crippen molar-refractivity contribution in [3.05, 3.63) is 83.3 Å². The molecule has 3 N–H and O–H groups in total. The molecule has 1 heterocycles. The van der Waals surface area contributed by atoms with E-state index >= 15 is 0 Å². The smallest absolute Gasteiger partial charge is 0.262 e. The lowest BCUT2D eigenvalue weighted by atomic mass is 10.1. The minimum absolute atomic E-state index is 0.101. The number of benzene rings is 3. The van der Waals surface area contributed by atoms with Crippen LogP contribution in [-0.4, -0.2) is 26.4 Å². The molecule has 4 aromatic rings. The van der Waals surface area contributed by atoms with Gasteiger partial charge >= 0.3 is 0 Å². The van der Waals surface area contributed by atoms with Crippen LogP contribution in [0, 0.1) is 19.7 Å². The maximum Gasteiger partial charge on any atom is 0.262 e. The number of nitrogens with one attached hydrogen (secondary N) is 3. The maximum atomic E-state index is 13.2. The summed E-state index contributed by atoms with van der Waals surface area (Å²) in [7, 11) is -2.59. The molecule has 0 aliphatic heterocycles. The van der Waals surface area contributed by atoms with Crippen LogP contribution in [0.1, 0.15) is 16.8 Å². The summed E-state index contributed by atoms with van der Waals surface area (Å²) in [6, 6.07) is 15.2. The Balaban J connectivity index is 1.56. The molecule has 0 atom stereocenters. The van der Waals surface area contributed by atoms with Gasteiger partial charge in [0.05, 0.1) is 24.1 Å². The molecule has 0 saturated heterocycles. The summed E-state index contributed by atoms with van der Waals surface area (Å²) in [6.45, 7) is 3.92. The molecule has 1 amide bonds. The molecule has 0 fully saturated rings. The number of carbonyl (C=O) groups excluding carboxylic acids is 1. The fourth-order valence-electron chi connectivity index (χ4n) is 3.77. The number of rotatable bonds is 7. The molecule has 9 heteroatoms. The predicted octanol–water partition coefficient (Wildman–Crippen LogP) is 4.91. The number of hydrogen-bond donors (Lipinski definition) is 3. The van der Waals surface area contributed by atoms with Crippen molar-refractivity contribution < 1.29 is 22.3 Å². The third-order valence-corrected chi connectivity index (χ3v) is 6.85. The predicted molar refractivity (Wildman–Crippen MR) is 130 cm³/mol. The number of aromatic amines is 1. The second kappa shape index (κ2) is 9.18. The number of amides is 1. The first-order chi connectivity index (χ1) is 16.2. The maximum absolute atomic E-state index is 13.2. The molecule has 1 aromatic heterocycles. The SMILES string of the molecule is COc1ccc(NC(=O)Cc2c(C)[nH]c3ccc(C)cc23)cc1NS(=O)(=O)c1ccc(F)cc1. The second-order valence-corrected chi connectivity index (χ2v) is 9.66. The van der Waals surface area contributed by atoms with Gasteiger partial charge in [-0.3, -0.25) is 9.52 Å². The molecule has 7 nitrogen and oxygen atoms in total. The van der Waals surface area contributed by atoms with Gasteiger partial charge in [-0.15, -0.1) is 0 Å². The number of fused-ring (bicyclic) bond motifs is 1. The van der Waals surface area contributed by atoms with Gasteiger partial charge in [0.25, 0.3) is 10.0 Å². The number of carbonyl (C=O) groups is 1. The lowest BCUT2D eigenvalue weighted by molar-refractivity contribution is -0.115. The van der Waals surface area contributed by atoms with Gasteiger partial charge in [-0.1, -0.05) is 11.6 Å². The first-order valence-corrected chi connectivity index (χ1v) is 12.0. The van der Waals surface area contributed by atoms with Crippen LogP contribution in [0.4, 0.5) is 15.8 Å². The number of hydrogen-bond acceptors (Lipinski definition) is 4. The lowest BCUT2D eigenvalue weighted by Gasteiger charge is -2.14. The molecule has 3 aromatic carbocycles. The van der Waals surface area contributed by atoms with Gasteiger partial charge in [-0.05, 0) is 74.0 Å². The number of aromatic nitrogens is 1. The van der Waals surface area contributed by atoms with Gasteiger partial charge in [-0.2, -0.15) is 0 Å². The minimum Gasteiger partial charge on any atom is -0.495 e. The van der Waals surface area contributed by atoms with Crippen LogP contribution in [0.5, 0.6) is 5.75 Å². The molecule has 0 radical (unpaired) electrons. The average Bonchev–Trinajstić information content (AvgIpc) is 3.08. The van der Waals surface area contributed by atoms with E-state index in [9.17, 15) is 17.6 Å². The van der Waals surface area contributed by atoms with E-state index in [1.807, 2.05) is 32.0 Å². The minimum atomic E-state index is -4.00. The molecule has 0 unspecified atom stereocenters. The third kappa shape index (κ3) is 4.89. The summed E-state index contributed by atoms with van der Waals surface area (Å²) in [6.07, 6.45) is 0.151. The number of anilines is 2. The molecule has 34 heavy (non-hydrogen) atoms. The molecule has 0 spiro atoms. The highest BCUT2D eigenvalue weighted by Gasteiger charge is 2.18. The quantitative estimate of drug-likeness (QED) is 0.349. The topological polar surface area (TPSA) is 100 Å². The monoisotopic (exact) mass is 481 g/mol. The van der Waals surface area contributed by atoms with Gasteiger partial charge in [-0.25, -0.2) is 12.8 Å². The number of H-pyrrole nitrogens is 1. The zero-order chi connectivity index (χ0) is 24.5. The van der Waals surface area contributed by atoms with Crippen LogP contribution in [0.15, 0.2) is 65.6 Å². The van der Waals surface area contributed by atoms with Crippen molar-refractivity contribution in [3.63, 3.8) is 0 Å². The third-order valence-electron chi connectivity index (χ3n) is 5.46. The Morgan fingerprint density at radius 1 is 1.03 bits per heavy atom. The molecule has 4 rings (SSSR count). The molecular formula is C25H24FN3O4S. The Morgan fingerprint density at radius 3 is 2.47 bits per heavy atom. The summed E-state index contributed by atoms with van der Waals surface area (Å²) < 4.78 is 46.4. The highest BCUT2D eigenvalue weighted by Crippen LogP contribution is 2.30. The van der Waals surface area contributed by atoms with Crippen molar-refractivity contribution >= 4 is 38.2 Å². The second-order valence-electron chi connectivity index (χ2n) is 7.98. The Bertz CT molecular complexity index is 1480. The van der Waals surface area contributed by atoms with Crippen LogP contribution >= 0.6 is 0 Å². The standard InChI is InChI=1S/C25H24FN3O4S/c1-15-4-10-22-21(12-15)20(16(2)27-22)14-25(30)28-18-7-11-24(33-3)23(13-18)29-34(31,32)19-8-5-17(26)6-9-19/h4-13,27,29H,14H2,1-3H3,(H,28,30). The largest absolute Gasteiger partial charge is 0.495 e. The molecular weight excluding hydrogens is 457 g/mol. The Labute approximate surface area is 197 Å². The van der Waals surface area contributed by atoms with Crippen molar-refractivity contribution in [3.8, 4) is 5.75 Å². The normalized spacial score (nSPS) is 11.4. The van der Waals surface area contributed by atoms with Crippen molar-refractivity contribution in [2.24, 2.45) is 0 Å². The first kappa shape index (κ1) is 23.3. The fraction of sp³-hybridized carbons (Fsp3) is 0.160. The number of halogens is 1. The number of ether oxygens (including phenoxy) is 1. The van der Waals surface area contributed by atoms with Gasteiger partial charge in [0, 0.05) is 22.3 Å². The van der Waals surface area contributed by atoms with Crippen molar-refractivity contribution in [2.45, 2.75) is 25.2 Å². The number of aryl methyl sites for hydroxylation is 2. The number of sulfonamides is 1. The zero-order valence-electron chi connectivity index (χ0n) is 18.9. The zero-order valence-corrected chi connectivity index (χ0v) is 19.7. The Kier molecular flexibility index (Phi) is 6.30. The van der Waals surface area contributed by atoms with E-state index in [4.69, 9.17) is 4.74 Å². The van der Waals surface area contributed by atoms with E-state index in [1.54, 1.807) is 12.1 Å². The summed E-state index contributed by atoms with van der Waals surface area (Å²) in [5, 5.41) is 3.81. The summed E-state index contributed by atoms with van der Waals surface area (Å²) in [5.41, 5.74) is 4.43. The molecule has 0 aliphatic rings. The molecule has 0 aliphatic carbocycles. The van der Waals surface area contributed by atoms with Gasteiger partial charge in [0.15, 0.2) is 0 Å². The van der Waals surface area contributed by atoms with Crippen LogP contribution in [0.25, 0.3) is 10.9 Å². The summed E-state index contributed by atoms with van der Waals surface area (Å²) in [5.74, 6) is -0.517. The van der Waals surface area contributed by atoms with Crippen molar-refractivity contribution in [1.29, 1.82) is 0 Å². The highest BCUT2D eigenvalue weighted by atomic mass is 32.2. The lowest BCUT2D eigenvalue weighted by Crippen LogP contribution is -2.16.